The Balaban J connectivity index is 1.21. The monoisotopic (exact) mass is 455 g/mol. The summed E-state index contributed by atoms with van der Waals surface area (Å²) in [7, 11) is 0. The molecule has 0 radical (unpaired) electrons. The van der Waals surface area contributed by atoms with Crippen molar-refractivity contribution in [1.82, 2.24) is 4.90 Å². The van der Waals surface area contributed by atoms with Crippen LogP contribution >= 0.6 is 0 Å². The van der Waals surface area contributed by atoms with Gasteiger partial charge in [0.1, 0.15) is 6.61 Å². The van der Waals surface area contributed by atoms with Gasteiger partial charge in [-0.2, -0.15) is 0 Å². The topological polar surface area (TPSA) is 66.8 Å². The van der Waals surface area contributed by atoms with E-state index in [2.05, 4.69) is 24.3 Å². The molecule has 1 heterocycles. The molecular formula is C29H29NO4. The third kappa shape index (κ3) is 4.43. The number of likely N-dealkylation sites (tertiary alicyclic amines) is 1. The molecule has 1 saturated heterocycles. The smallest absolute Gasteiger partial charge is 0.409 e. The lowest BCUT2D eigenvalue weighted by Gasteiger charge is -2.35. The number of carboxylic acid groups (broad SMARTS) is 1. The van der Waals surface area contributed by atoms with Crippen LogP contribution in [0.3, 0.4) is 0 Å². The molecule has 1 fully saturated rings. The summed E-state index contributed by atoms with van der Waals surface area (Å²) < 4.78 is 5.82. The summed E-state index contributed by atoms with van der Waals surface area (Å²) in [5, 5.41) is 9.44. The van der Waals surface area contributed by atoms with Crippen molar-refractivity contribution in [1.29, 1.82) is 0 Å². The second-order valence-corrected chi connectivity index (χ2v) is 9.24. The van der Waals surface area contributed by atoms with Gasteiger partial charge in [0.15, 0.2) is 0 Å². The quantitative estimate of drug-likeness (QED) is 0.502. The van der Waals surface area contributed by atoms with Gasteiger partial charge in [-0.1, -0.05) is 78.9 Å². The molecule has 174 valence electrons. The lowest BCUT2D eigenvalue weighted by atomic mass is 9.78. The van der Waals surface area contributed by atoms with Crippen LogP contribution in [0.5, 0.6) is 0 Å². The van der Waals surface area contributed by atoms with Gasteiger partial charge in [0.25, 0.3) is 0 Å². The lowest BCUT2D eigenvalue weighted by molar-refractivity contribution is -0.137. The fourth-order valence-electron chi connectivity index (χ4n) is 5.61. The van der Waals surface area contributed by atoms with E-state index in [0.717, 1.165) is 18.4 Å². The summed E-state index contributed by atoms with van der Waals surface area (Å²) in [6.07, 6.45) is 1.38. The van der Waals surface area contributed by atoms with Crippen molar-refractivity contribution >= 4 is 12.1 Å². The molecule has 0 spiro atoms. The van der Waals surface area contributed by atoms with E-state index in [1.54, 1.807) is 4.90 Å². The number of hydrogen-bond donors (Lipinski definition) is 1. The van der Waals surface area contributed by atoms with E-state index in [1.807, 2.05) is 54.6 Å². The number of fused-ring (bicyclic) bond motifs is 3. The summed E-state index contributed by atoms with van der Waals surface area (Å²) >= 11 is 0. The Bertz CT molecular complexity index is 1120. The Kier molecular flexibility index (Phi) is 6.35. The highest BCUT2D eigenvalue weighted by molar-refractivity contribution is 5.79. The minimum Gasteiger partial charge on any atom is -0.481 e. The summed E-state index contributed by atoms with van der Waals surface area (Å²) in [5.74, 6) is -0.542. The minimum atomic E-state index is -0.784. The first-order valence-electron chi connectivity index (χ1n) is 12.0. The Hall–Kier alpha value is -3.60. The number of rotatable bonds is 6. The molecule has 2 aliphatic rings. The molecule has 0 bridgehead atoms. The number of benzene rings is 3. The SMILES string of the molecule is O=C(O)CC(c1ccccc1)C1CCN(C(=O)OCC2c3ccccc3-c3ccccc32)CC1. The molecule has 1 aliphatic carbocycles. The molecule has 1 amide bonds. The Labute approximate surface area is 200 Å². The normalized spacial score (nSPS) is 16.5. The van der Waals surface area contributed by atoms with Crippen LogP contribution in [-0.4, -0.2) is 41.8 Å². The zero-order chi connectivity index (χ0) is 23.5. The van der Waals surface area contributed by atoms with Crippen LogP contribution in [0.1, 0.15) is 47.8 Å². The van der Waals surface area contributed by atoms with Gasteiger partial charge < -0.3 is 14.7 Å². The minimum absolute atomic E-state index is 0.0386. The summed E-state index contributed by atoms with van der Waals surface area (Å²) in [4.78, 5) is 26.2. The first-order valence-corrected chi connectivity index (χ1v) is 12.0. The molecule has 3 aromatic rings. The molecule has 0 saturated carbocycles. The van der Waals surface area contributed by atoms with E-state index in [0.29, 0.717) is 19.7 Å². The van der Waals surface area contributed by atoms with Crippen LogP contribution in [0.4, 0.5) is 4.79 Å². The molecule has 1 N–H and O–H groups in total. The number of aliphatic carboxylic acids is 1. The van der Waals surface area contributed by atoms with Crippen LogP contribution in [0, 0.1) is 5.92 Å². The number of carbonyl (C=O) groups excluding carboxylic acids is 1. The van der Waals surface area contributed by atoms with Crippen LogP contribution in [-0.2, 0) is 9.53 Å². The third-order valence-electron chi connectivity index (χ3n) is 7.33. The number of carboxylic acids is 1. The van der Waals surface area contributed by atoms with Crippen molar-refractivity contribution in [2.24, 2.45) is 5.92 Å². The Morgan fingerprint density at radius 2 is 1.41 bits per heavy atom. The summed E-state index contributed by atoms with van der Waals surface area (Å²) in [6.45, 7) is 1.49. The van der Waals surface area contributed by atoms with Gasteiger partial charge in [-0.25, -0.2) is 4.79 Å². The van der Waals surface area contributed by atoms with Gasteiger partial charge in [0, 0.05) is 19.0 Å². The Morgan fingerprint density at radius 1 is 0.853 bits per heavy atom. The van der Waals surface area contributed by atoms with Crippen LogP contribution in [0.2, 0.25) is 0 Å². The van der Waals surface area contributed by atoms with Gasteiger partial charge in [-0.05, 0) is 52.5 Å². The van der Waals surface area contributed by atoms with Crippen LogP contribution in [0.25, 0.3) is 11.1 Å². The van der Waals surface area contributed by atoms with Crippen LogP contribution in [0.15, 0.2) is 78.9 Å². The van der Waals surface area contributed by atoms with Gasteiger partial charge >= 0.3 is 12.1 Å². The van der Waals surface area contributed by atoms with Crippen molar-refractivity contribution in [2.75, 3.05) is 19.7 Å². The fraction of sp³-hybridized carbons (Fsp3) is 0.310. The highest BCUT2D eigenvalue weighted by Crippen LogP contribution is 2.44. The molecule has 3 aromatic carbocycles. The average molecular weight is 456 g/mol. The molecule has 5 rings (SSSR count). The molecule has 1 aliphatic heterocycles. The third-order valence-corrected chi connectivity index (χ3v) is 7.33. The zero-order valence-corrected chi connectivity index (χ0v) is 19.1. The van der Waals surface area contributed by atoms with Gasteiger partial charge in [-0.3, -0.25) is 4.79 Å². The van der Waals surface area contributed by atoms with Crippen molar-refractivity contribution in [2.45, 2.75) is 31.1 Å². The summed E-state index contributed by atoms with van der Waals surface area (Å²) in [6, 6.07) is 26.5. The number of hydrogen-bond acceptors (Lipinski definition) is 3. The second kappa shape index (κ2) is 9.72. The lowest BCUT2D eigenvalue weighted by Crippen LogP contribution is -2.40. The molecule has 34 heavy (non-hydrogen) atoms. The second-order valence-electron chi connectivity index (χ2n) is 9.24. The van der Waals surface area contributed by atoms with E-state index in [1.165, 1.54) is 22.3 Å². The number of nitrogens with zero attached hydrogens (tertiary/aromatic N) is 1. The number of amides is 1. The number of piperidine rings is 1. The highest BCUT2D eigenvalue weighted by atomic mass is 16.6. The zero-order valence-electron chi connectivity index (χ0n) is 19.1. The first-order chi connectivity index (χ1) is 16.6. The highest BCUT2D eigenvalue weighted by Gasteiger charge is 2.33. The number of ether oxygens (including phenoxy) is 1. The summed E-state index contributed by atoms with van der Waals surface area (Å²) in [5.41, 5.74) is 5.89. The Morgan fingerprint density at radius 3 is 2.00 bits per heavy atom. The predicted octanol–water partition coefficient (Wildman–Crippen LogP) is 5.91. The maximum Gasteiger partial charge on any atom is 0.409 e. The van der Waals surface area contributed by atoms with E-state index in [-0.39, 0.29) is 30.3 Å². The van der Waals surface area contributed by atoms with E-state index in [9.17, 15) is 14.7 Å². The largest absolute Gasteiger partial charge is 0.481 e. The van der Waals surface area contributed by atoms with Crippen molar-refractivity contribution < 1.29 is 19.4 Å². The van der Waals surface area contributed by atoms with E-state index >= 15 is 0 Å². The molecule has 5 nitrogen and oxygen atoms in total. The van der Waals surface area contributed by atoms with Gasteiger partial charge in [0.05, 0.1) is 6.42 Å². The molecule has 1 atom stereocenters. The van der Waals surface area contributed by atoms with E-state index < -0.39 is 5.97 Å². The standard InChI is InChI=1S/C29H29NO4/c31-28(32)18-26(20-8-2-1-3-9-20)21-14-16-30(17-15-21)29(33)34-19-27-24-12-6-4-10-22(24)23-11-5-7-13-25(23)27/h1-13,21,26-27H,14-19H2,(H,31,32). The first kappa shape index (κ1) is 22.2. The van der Waals surface area contributed by atoms with Crippen molar-refractivity contribution in [3.8, 4) is 11.1 Å². The fourth-order valence-corrected chi connectivity index (χ4v) is 5.61. The number of carbonyl (C=O) groups is 2. The van der Waals surface area contributed by atoms with Gasteiger partial charge in [0.2, 0.25) is 0 Å². The molecular weight excluding hydrogens is 426 g/mol. The van der Waals surface area contributed by atoms with E-state index in [4.69, 9.17) is 4.74 Å². The average Bonchev–Trinajstić information content (AvgIpc) is 3.20. The molecule has 1 unspecified atom stereocenters. The van der Waals surface area contributed by atoms with Crippen molar-refractivity contribution in [3.05, 3.63) is 95.6 Å². The van der Waals surface area contributed by atoms with Gasteiger partial charge in [-0.15, -0.1) is 0 Å². The maximum absolute atomic E-state index is 12.9. The van der Waals surface area contributed by atoms with Crippen molar-refractivity contribution in [3.63, 3.8) is 0 Å². The molecule has 0 aromatic heterocycles. The predicted molar refractivity (Wildman–Crippen MR) is 131 cm³/mol. The maximum atomic E-state index is 12.9. The van der Waals surface area contributed by atoms with Crippen LogP contribution < -0.4 is 0 Å². The molecule has 5 heteroatoms.